The van der Waals surface area contributed by atoms with Gasteiger partial charge >= 0.3 is 0 Å². The number of nitrogens with zero attached hydrogens (tertiary/aromatic N) is 5. The molecule has 3 aromatic heterocycles. The summed E-state index contributed by atoms with van der Waals surface area (Å²) >= 11 is 0. The summed E-state index contributed by atoms with van der Waals surface area (Å²) in [4.78, 5) is 11.8. The number of aryl methyl sites for hydroxylation is 4. The smallest absolute Gasteiger partial charge is 0.289 e. The second kappa shape index (κ2) is 5.63. The standard InChI is InChI=1S/C14H18N6O2/c1-9-7-12(22-18-9)14(21)15-5-4-6-20-13-10(2)17-19(3)11(13)8-16-20/h7-8H,4-6H2,1-3H3,(H,15,21). The van der Waals surface area contributed by atoms with E-state index < -0.39 is 0 Å². The van der Waals surface area contributed by atoms with Crippen molar-refractivity contribution in [3.8, 4) is 0 Å². The summed E-state index contributed by atoms with van der Waals surface area (Å²) in [5, 5.41) is 15.2. The Morgan fingerprint density at radius 2 is 2.23 bits per heavy atom. The van der Waals surface area contributed by atoms with Gasteiger partial charge in [0.15, 0.2) is 0 Å². The number of hydrogen-bond acceptors (Lipinski definition) is 5. The number of carbonyl (C=O) groups excluding carboxylic acids is 1. The first kappa shape index (κ1) is 14.3. The van der Waals surface area contributed by atoms with Crippen molar-refractivity contribution in [2.75, 3.05) is 6.54 Å². The monoisotopic (exact) mass is 302 g/mol. The van der Waals surface area contributed by atoms with Gasteiger partial charge in [-0.3, -0.25) is 14.2 Å². The summed E-state index contributed by atoms with van der Waals surface area (Å²) in [5.74, 6) is -0.00847. The summed E-state index contributed by atoms with van der Waals surface area (Å²) in [5.41, 5.74) is 3.70. The van der Waals surface area contributed by atoms with Gasteiger partial charge in [-0.1, -0.05) is 5.16 Å². The molecule has 0 atom stereocenters. The molecule has 0 unspecified atom stereocenters. The third-order valence-electron chi connectivity index (χ3n) is 3.50. The molecular weight excluding hydrogens is 284 g/mol. The van der Waals surface area contributed by atoms with Gasteiger partial charge in [-0.25, -0.2) is 0 Å². The molecule has 1 N–H and O–H groups in total. The maximum absolute atomic E-state index is 11.8. The zero-order valence-electron chi connectivity index (χ0n) is 12.8. The zero-order valence-corrected chi connectivity index (χ0v) is 12.8. The minimum Gasteiger partial charge on any atom is -0.351 e. The van der Waals surface area contributed by atoms with Gasteiger partial charge in [-0.15, -0.1) is 0 Å². The van der Waals surface area contributed by atoms with Crippen LogP contribution in [-0.2, 0) is 13.6 Å². The Balaban J connectivity index is 1.55. The fourth-order valence-electron chi connectivity index (χ4n) is 2.47. The lowest BCUT2D eigenvalue weighted by Gasteiger charge is -2.04. The molecule has 22 heavy (non-hydrogen) atoms. The van der Waals surface area contributed by atoms with Crippen molar-refractivity contribution >= 4 is 16.9 Å². The summed E-state index contributed by atoms with van der Waals surface area (Å²) in [6, 6.07) is 1.62. The molecule has 8 heteroatoms. The van der Waals surface area contributed by atoms with Crippen LogP contribution in [0.2, 0.25) is 0 Å². The Hall–Kier alpha value is -2.64. The van der Waals surface area contributed by atoms with Crippen LogP contribution in [0.5, 0.6) is 0 Å². The van der Waals surface area contributed by atoms with Crippen LogP contribution in [0.4, 0.5) is 0 Å². The molecule has 0 aliphatic rings. The Kier molecular flexibility index (Phi) is 3.66. The first-order valence-corrected chi connectivity index (χ1v) is 7.13. The summed E-state index contributed by atoms with van der Waals surface area (Å²) in [7, 11) is 1.90. The van der Waals surface area contributed by atoms with E-state index in [9.17, 15) is 4.79 Å². The van der Waals surface area contributed by atoms with Crippen LogP contribution in [0.15, 0.2) is 16.8 Å². The summed E-state index contributed by atoms with van der Waals surface area (Å²) in [6.07, 6.45) is 2.58. The number of fused-ring (bicyclic) bond motifs is 1. The van der Waals surface area contributed by atoms with Crippen molar-refractivity contribution in [3.05, 3.63) is 29.4 Å². The predicted molar refractivity (Wildman–Crippen MR) is 79.4 cm³/mol. The van der Waals surface area contributed by atoms with Gasteiger partial charge < -0.3 is 9.84 Å². The number of rotatable bonds is 5. The van der Waals surface area contributed by atoms with Crippen LogP contribution in [0.1, 0.15) is 28.4 Å². The highest BCUT2D eigenvalue weighted by Crippen LogP contribution is 2.16. The first-order valence-electron chi connectivity index (χ1n) is 7.13. The van der Waals surface area contributed by atoms with E-state index in [-0.39, 0.29) is 11.7 Å². The highest BCUT2D eigenvalue weighted by atomic mass is 16.5. The summed E-state index contributed by atoms with van der Waals surface area (Å²) < 4.78 is 8.66. The van der Waals surface area contributed by atoms with E-state index in [1.54, 1.807) is 13.0 Å². The van der Waals surface area contributed by atoms with Crippen LogP contribution in [-0.4, -0.2) is 37.2 Å². The summed E-state index contributed by atoms with van der Waals surface area (Å²) in [6.45, 7) is 5.00. The second-order valence-electron chi connectivity index (χ2n) is 5.25. The largest absolute Gasteiger partial charge is 0.351 e. The zero-order chi connectivity index (χ0) is 15.7. The average molecular weight is 302 g/mol. The van der Waals surface area contributed by atoms with Gasteiger partial charge in [-0.2, -0.15) is 10.2 Å². The number of carbonyl (C=O) groups is 1. The predicted octanol–water partition coefficient (Wildman–Crippen LogP) is 1.19. The van der Waals surface area contributed by atoms with Crippen LogP contribution in [0.3, 0.4) is 0 Å². The van der Waals surface area contributed by atoms with E-state index in [0.717, 1.165) is 23.1 Å². The highest BCUT2D eigenvalue weighted by molar-refractivity contribution is 5.91. The molecule has 0 radical (unpaired) electrons. The molecule has 0 bridgehead atoms. The Morgan fingerprint density at radius 3 is 2.95 bits per heavy atom. The lowest BCUT2D eigenvalue weighted by molar-refractivity contribution is 0.0915. The van der Waals surface area contributed by atoms with Crippen molar-refractivity contribution in [2.24, 2.45) is 7.05 Å². The molecule has 0 saturated carbocycles. The fraction of sp³-hybridized carbons (Fsp3) is 0.429. The van der Waals surface area contributed by atoms with E-state index in [2.05, 4.69) is 20.7 Å². The quantitative estimate of drug-likeness (QED) is 0.715. The third-order valence-corrected chi connectivity index (χ3v) is 3.50. The van der Waals surface area contributed by atoms with Crippen LogP contribution < -0.4 is 5.32 Å². The van der Waals surface area contributed by atoms with Crippen molar-refractivity contribution in [2.45, 2.75) is 26.8 Å². The van der Waals surface area contributed by atoms with E-state index in [1.165, 1.54) is 0 Å². The Bertz CT molecular complexity index is 813. The number of aromatic nitrogens is 5. The molecule has 0 spiro atoms. The Labute approximate surface area is 127 Å². The SMILES string of the molecule is Cc1cc(C(=O)NCCCn2ncc3c2c(C)nn3C)on1. The van der Waals surface area contributed by atoms with Crippen LogP contribution in [0, 0.1) is 13.8 Å². The molecule has 0 aromatic carbocycles. The molecule has 3 rings (SSSR count). The molecule has 1 amide bonds. The molecule has 0 aliphatic heterocycles. The molecule has 3 aromatic rings. The van der Waals surface area contributed by atoms with E-state index in [1.807, 2.05) is 29.5 Å². The lowest BCUT2D eigenvalue weighted by atomic mass is 10.3. The Morgan fingerprint density at radius 1 is 1.41 bits per heavy atom. The minimum atomic E-state index is -0.247. The highest BCUT2D eigenvalue weighted by Gasteiger charge is 2.12. The number of hydrogen-bond donors (Lipinski definition) is 1. The van der Waals surface area contributed by atoms with Gasteiger partial charge in [0.1, 0.15) is 11.0 Å². The second-order valence-corrected chi connectivity index (χ2v) is 5.25. The van der Waals surface area contributed by atoms with Crippen LogP contribution in [0.25, 0.3) is 11.0 Å². The first-order chi connectivity index (χ1) is 10.6. The van der Waals surface area contributed by atoms with Gasteiger partial charge in [0.25, 0.3) is 5.91 Å². The lowest BCUT2D eigenvalue weighted by Crippen LogP contribution is -2.25. The van der Waals surface area contributed by atoms with E-state index in [4.69, 9.17) is 4.52 Å². The normalized spacial score (nSPS) is 11.2. The molecule has 0 fully saturated rings. The molecule has 3 heterocycles. The third kappa shape index (κ3) is 2.59. The van der Waals surface area contributed by atoms with E-state index in [0.29, 0.717) is 18.8 Å². The maximum Gasteiger partial charge on any atom is 0.289 e. The van der Waals surface area contributed by atoms with Crippen molar-refractivity contribution in [3.63, 3.8) is 0 Å². The topological polar surface area (TPSA) is 90.8 Å². The maximum atomic E-state index is 11.8. The number of nitrogens with one attached hydrogen (secondary N) is 1. The minimum absolute atomic E-state index is 0.238. The van der Waals surface area contributed by atoms with Gasteiger partial charge in [0, 0.05) is 26.2 Å². The van der Waals surface area contributed by atoms with Crippen molar-refractivity contribution in [1.82, 2.24) is 30.0 Å². The average Bonchev–Trinajstić information content (AvgIpc) is 3.15. The molecule has 0 aliphatic carbocycles. The van der Waals surface area contributed by atoms with Crippen LogP contribution >= 0.6 is 0 Å². The fourth-order valence-corrected chi connectivity index (χ4v) is 2.47. The molecule has 8 nitrogen and oxygen atoms in total. The molecule has 0 saturated heterocycles. The van der Waals surface area contributed by atoms with Gasteiger partial charge in [0.05, 0.1) is 17.6 Å². The van der Waals surface area contributed by atoms with Gasteiger partial charge in [-0.05, 0) is 20.3 Å². The molecule has 116 valence electrons. The van der Waals surface area contributed by atoms with Crippen molar-refractivity contribution < 1.29 is 9.32 Å². The number of amides is 1. The molecular formula is C14H18N6O2. The van der Waals surface area contributed by atoms with E-state index >= 15 is 0 Å². The van der Waals surface area contributed by atoms with Gasteiger partial charge in [0.2, 0.25) is 5.76 Å². The van der Waals surface area contributed by atoms with Crippen molar-refractivity contribution in [1.29, 1.82) is 0 Å².